The maximum absolute atomic E-state index is 4.50. The van der Waals surface area contributed by atoms with E-state index in [0.717, 1.165) is 23.2 Å². The molecule has 1 N–H and O–H groups in total. The van der Waals surface area contributed by atoms with E-state index in [0.29, 0.717) is 17.6 Å². The zero-order chi connectivity index (χ0) is 15.8. The van der Waals surface area contributed by atoms with Gasteiger partial charge in [0.15, 0.2) is 0 Å². The zero-order valence-corrected chi connectivity index (χ0v) is 13.0. The minimum atomic E-state index is 0.544. The molecular formula is C16H17N7. The molecule has 23 heavy (non-hydrogen) atoms. The summed E-state index contributed by atoms with van der Waals surface area (Å²) in [6.45, 7) is 5.15. The lowest BCUT2D eigenvalue weighted by atomic mass is 10.1. The van der Waals surface area contributed by atoms with Gasteiger partial charge in [0.05, 0.1) is 11.7 Å². The Hall–Kier alpha value is -2.96. The second-order valence-electron chi connectivity index (χ2n) is 5.89. The van der Waals surface area contributed by atoms with Gasteiger partial charge in [0, 0.05) is 48.7 Å². The van der Waals surface area contributed by atoms with Crippen molar-refractivity contribution in [2.45, 2.75) is 13.8 Å². The quantitative estimate of drug-likeness (QED) is 0.627. The molecule has 116 valence electrons. The van der Waals surface area contributed by atoms with Crippen molar-refractivity contribution in [1.82, 2.24) is 29.0 Å². The molecule has 0 saturated carbocycles. The summed E-state index contributed by atoms with van der Waals surface area (Å²) in [5.74, 6) is 1.87. The van der Waals surface area contributed by atoms with Gasteiger partial charge in [-0.15, -0.1) is 5.10 Å². The first-order chi connectivity index (χ1) is 11.2. The van der Waals surface area contributed by atoms with Crippen molar-refractivity contribution in [2.75, 3.05) is 11.9 Å². The molecule has 4 rings (SSSR count). The Morgan fingerprint density at radius 1 is 1.13 bits per heavy atom. The standard InChI is InChI=1S/C16H17N7/c1-11(2)7-18-15-19-9-14-13(3-5-23(14)21-15)12-8-20-16-17-4-6-22(16)10-12/h3-6,8-11H,7H2,1-2H3,(H,18,21). The topological polar surface area (TPSA) is 72.4 Å². The van der Waals surface area contributed by atoms with E-state index in [9.17, 15) is 0 Å². The first-order valence-corrected chi connectivity index (χ1v) is 7.58. The van der Waals surface area contributed by atoms with Crippen LogP contribution in [0, 0.1) is 5.92 Å². The summed E-state index contributed by atoms with van der Waals surface area (Å²) in [5.41, 5.74) is 2.99. The highest BCUT2D eigenvalue weighted by Crippen LogP contribution is 2.24. The number of nitrogens with zero attached hydrogens (tertiary/aromatic N) is 6. The van der Waals surface area contributed by atoms with Crippen molar-refractivity contribution in [3.63, 3.8) is 0 Å². The van der Waals surface area contributed by atoms with E-state index in [1.54, 1.807) is 6.20 Å². The van der Waals surface area contributed by atoms with Gasteiger partial charge in [-0.1, -0.05) is 13.8 Å². The SMILES string of the molecule is CC(C)CNc1ncc2c(-c3cnc4nccn4c3)ccn2n1. The van der Waals surface area contributed by atoms with E-state index >= 15 is 0 Å². The molecule has 0 atom stereocenters. The number of hydrogen-bond acceptors (Lipinski definition) is 5. The second-order valence-corrected chi connectivity index (χ2v) is 5.89. The van der Waals surface area contributed by atoms with Gasteiger partial charge < -0.3 is 5.32 Å². The van der Waals surface area contributed by atoms with E-state index in [2.05, 4.69) is 39.2 Å². The van der Waals surface area contributed by atoms with Crippen LogP contribution in [-0.4, -0.2) is 35.5 Å². The highest BCUT2D eigenvalue weighted by Gasteiger charge is 2.09. The molecule has 0 bridgehead atoms. The van der Waals surface area contributed by atoms with Crippen LogP contribution in [0.15, 0.2) is 43.2 Å². The molecule has 0 fully saturated rings. The van der Waals surface area contributed by atoms with Crippen LogP contribution in [0.1, 0.15) is 13.8 Å². The minimum Gasteiger partial charge on any atom is -0.353 e. The Kier molecular flexibility index (Phi) is 3.18. The summed E-state index contributed by atoms with van der Waals surface area (Å²) >= 11 is 0. The van der Waals surface area contributed by atoms with Gasteiger partial charge >= 0.3 is 0 Å². The highest BCUT2D eigenvalue weighted by molar-refractivity contribution is 5.79. The lowest BCUT2D eigenvalue weighted by molar-refractivity contribution is 0.681. The predicted molar refractivity (Wildman–Crippen MR) is 88.3 cm³/mol. The van der Waals surface area contributed by atoms with E-state index < -0.39 is 0 Å². The predicted octanol–water partition coefficient (Wildman–Crippen LogP) is 2.51. The normalized spacial score (nSPS) is 11.6. The fraction of sp³-hybridized carbons (Fsp3) is 0.250. The molecule has 0 aliphatic rings. The molecule has 0 saturated heterocycles. The number of rotatable bonds is 4. The fourth-order valence-electron chi connectivity index (χ4n) is 2.48. The first kappa shape index (κ1) is 13.7. The van der Waals surface area contributed by atoms with Crippen LogP contribution in [0.25, 0.3) is 22.4 Å². The molecule has 0 aromatic carbocycles. The largest absolute Gasteiger partial charge is 0.353 e. The molecular weight excluding hydrogens is 290 g/mol. The Balaban J connectivity index is 1.72. The molecule has 0 aliphatic carbocycles. The molecule has 4 heterocycles. The summed E-state index contributed by atoms with van der Waals surface area (Å²) in [5, 5.41) is 7.74. The zero-order valence-electron chi connectivity index (χ0n) is 13.0. The van der Waals surface area contributed by atoms with Crippen LogP contribution in [0.4, 0.5) is 5.95 Å². The number of aromatic nitrogens is 6. The van der Waals surface area contributed by atoms with Gasteiger partial charge in [0.2, 0.25) is 11.7 Å². The van der Waals surface area contributed by atoms with Crippen LogP contribution in [0.5, 0.6) is 0 Å². The smallest absolute Gasteiger partial charge is 0.241 e. The third-order valence-electron chi connectivity index (χ3n) is 3.64. The molecule has 4 aromatic heterocycles. The maximum Gasteiger partial charge on any atom is 0.241 e. The third kappa shape index (κ3) is 2.50. The van der Waals surface area contributed by atoms with Gasteiger partial charge in [-0.3, -0.25) is 4.40 Å². The van der Waals surface area contributed by atoms with Crippen LogP contribution in [0.2, 0.25) is 0 Å². The van der Waals surface area contributed by atoms with Gasteiger partial charge in [-0.25, -0.2) is 19.5 Å². The molecule has 0 radical (unpaired) electrons. The lowest BCUT2D eigenvalue weighted by Gasteiger charge is -2.07. The van der Waals surface area contributed by atoms with E-state index in [-0.39, 0.29) is 0 Å². The van der Waals surface area contributed by atoms with Gasteiger partial charge in [-0.05, 0) is 12.0 Å². The van der Waals surface area contributed by atoms with E-state index in [1.807, 2.05) is 46.0 Å². The van der Waals surface area contributed by atoms with E-state index in [1.165, 1.54) is 0 Å². The maximum atomic E-state index is 4.50. The first-order valence-electron chi connectivity index (χ1n) is 7.58. The lowest BCUT2D eigenvalue weighted by Crippen LogP contribution is -2.11. The van der Waals surface area contributed by atoms with Crippen LogP contribution in [-0.2, 0) is 0 Å². The highest BCUT2D eigenvalue weighted by atomic mass is 15.3. The average molecular weight is 307 g/mol. The van der Waals surface area contributed by atoms with Crippen molar-refractivity contribution in [2.24, 2.45) is 5.92 Å². The summed E-state index contributed by atoms with van der Waals surface area (Å²) in [6, 6.07) is 2.02. The summed E-state index contributed by atoms with van der Waals surface area (Å²) in [7, 11) is 0. The van der Waals surface area contributed by atoms with Crippen molar-refractivity contribution >= 4 is 17.2 Å². The number of anilines is 1. The van der Waals surface area contributed by atoms with Gasteiger partial charge in [0.25, 0.3) is 0 Å². The fourth-order valence-corrected chi connectivity index (χ4v) is 2.48. The molecule has 0 amide bonds. The molecule has 4 aromatic rings. The second kappa shape index (κ2) is 5.35. The van der Waals surface area contributed by atoms with Crippen LogP contribution >= 0.6 is 0 Å². The molecule has 7 nitrogen and oxygen atoms in total. The molecule has 0 aliphatic heterocycles. The monoisotopic (exact) mass is 307 g/mol. The van der Waals surface area contributed by atoms with Crippen molar-refractivity contribution < 1.29 is 0 Å². The van der Waals surface area contributed by atoms with Gasteiger partial charge in [0.1, 0.15) is 0 Å². The molecule has 0 spiro atoms. The Morgan fingerprint density at radius 2 is 2.04 bits per heavy atom. The van der Waals surface area contributed by atoms with Crippen molar-refractivity contribution in [3.05, 3.63) is 43.2 Å². The average Bonchev–Trinajstić information content (AvgIpc) is 3.18. The van der Waals surface area contributed by atoms with Crippen LogP contribution < -0.4 is 5.32 Å². The summed E-state index contributed by atoms with van der Waals surface area (Å²) < 4.78 is 3.74. The minimum absolute atomic E-state index is 0.544. The van der Waals surface area contributed by atoms with Gasteiger partial charge in [-0.2, -0.15) is 0 Å². The van der Waals surface area contributed by atoms with E-state index in [4.69, 9.17) is 0 Å². The third-order valence-corrected chi connectivity index (χ3v) is 3.64. The molecule has 0 unspecified atom stereocenters. The molecule has 7 heteroatoms. The number of hydrogen-bond donors (Lipinski definition) is 1. The number of imidazole rings is 1. The van der Waals surface area contributed by atoms with Crippen molar-refractivity contribution in [1.29, 1.82) is 0 Å². The van der Waals surface area contributed by atoms with Crippen LogP contribution in [0.3, 0.4) is 0 Å². The summed E-state index contributed by atoms with van der Waals surface area (Å²) in [6.07, 6.45) is 11.2. The summed E-state index contributed by atoms with van der Waals surface area (Å²) in [4.78, 5) is 12.9. The van der Waals surface area contributed by atoms with Crippen molar-refractivity contribution in [3.8, 4) is 11.1 Å². The number of nitrogens with one attached hydrogen (secondary N) is 1. The number of fused-ring (bicyclic) bond motifs is 2. The Labute approximate surface area is 133 Å². The Morgan fingerprint density at radius 3 is 2.91 bits per heavy atom. The Bertz CT molecular complexity index is 967.